The van der Waals surface area contributed by atoms with Crippen molar-refractivity contribution in [1.82, 2.24) is 4.98 Å². The van der Waals surface area contributed by atoms with Gasteiger partial charge in [0.25, 0.3) is 6.33 Å². The van der Waals surface area contributed by atoms with Crippen LogP contribution < -0.4 is 9.30 Å². The highest BCUT2D eigenvalue weighted by molar-refractivity contribution is 7.19. The lowest BCUT2D eigenvalue weighted by Gasteiger charge is -2.24. The van der Waals surface area contributed by atoms with Gasteiger partial charge in [-0.3, -0.25) is 0 Å². The molecule has 0 spiro atoms. The molecule has 0 N–H and O–H groups in total. The van der Waals surface area contributed by atoms with Crippen molar-refractivity contribution in [2.45, 2.75) is 45.4 Å². The maximum Gasteiger partial charge on any atom is 0.288 e. The van der Waals surface area contributed by atoms with E-state index in [0.29, 0.717) is 5.92 Å². The van der Waals surface area contributed by atoms with Crippen molar-refractivity contribution in [2.24, 2.45) is 7.05 Å². The van der Waals surface area contributed by atoms with Gasteiger partial charge < -0.3 is 4.74 Å². The van der Waals surface area contributed by atoms with Gasteiger partial charge in [0.15, 0.2) is 11.4 Å². The largest absolute Gasteiger partial charge is 0.454 e. The lowest BCUT2D eigenvalue weighted by molar-refractivity contribution is -0.662. The van der Waals surface area contributed by atoms with Crippen LogP contribution >= 0.6 is 11.3 Å². The van der Waals surface area contributed by atoms with Gasteiger partial charge in [-0.1, -0.05) is 48.4 Å². The minimum Gasteiger partial charge on any atom is -0.454 e. The van der Waals surface area contributed by atoms with E-state index >= 15 is 0 Å². The Morgan fingerprint density at radius 3 is 2.50 bits per heavy atom. The highest BCUT2D eigenvalue weighted by Gasteiger charge is 2.36. The number of thiophene rings is 1. The topological polar surface area (TPSA) is 26.0 Å². The van der Waals surface area contributed by atoms with Crippen molar-refractivity contribution in [3.8, 4) is 22.8 Å². The quantitative estimate of drug-likeness (QED) is 0.315. The van der Waals surface area contributed by atoms with Crippen LogP contribution in [0, 0.1) is 13.8 Å². The molecular weight excluding hydrogens is 364 g/mol. The number of aromatic nitrogens is 2. The van der Waals surface area contributed by atoms with Crippen LogP contribution in [0.5, 0.6) is 11.5 Å². The number of fused-ring (bicyclic) bond motifs is 3. The molecule has 2 aliphatic rings. The first kappa shape index (κ1) is 16.5. The third kappa shape index (κ3) is 2.04. The Kier molecular flexibility index (Phi) is 3.40. The van der Waals surface area contributed by atoms with Gasteiger partial charge >= 0.3 is 0 Å². The second-order valence-electron chi connectivity index (χ2n) is 8.26. The molecule has 0 bridgehead atoms. The summed E-state index contributed by atoms with van der Waals surface area (Å²) >= 11 is 1.85. The molecule has 2 aromatic heterocycles. The van der Waals surface area contributed by atoms with E-state index in [2.05, 4.69) is 49.7 Å². The van der Waals surface area contributed by atoms with Crippen LogP contribution in [-0.4, -0.2) is 4.98 Å². The highest BCUT2D eigenvalue weighted by Crippen LogP contribution is 2.56. The zero-order valence-electron chi connectivity index (χ0n) is 16.5. The number of nitrogens with zero attached hydrogens (tertiary/aromatic N) is 2. The Balaban J connectivity index is 1.76. The lowest BCUT2D eigenvalue weighted by Crippen LogP contribution is -2.32. The average Bonchev–Trinajstić information content (AvgIpc) is 3.36. The summed E-state index contributed by atoms with van der Waals surface area (Å²) in [4.78, 5) is 7.28. The van der Waals surface area contributed by atoms with Crippen LogP contribution in [-0.2, 0) is 7.05 Å². The molecule has 6 rings (SSSR count). The molecule has 0 atom stereocenters. The number of ether oxygens (including phenoxy) is 1. The summed E-state index contributed by atoms with van der Waals surface area (Å²) in [6.07, 6.45) is 7.16. The molecule has 1 saturated carbocycles. The normalized spacial score (nSPS) is 16.0. The highest BCUT2D eigenvalue weighted by atomic mass is 32.1. The Hall–Kier alpha value is -2.46. The van der Waals surface area contributed by atoms with Crippen LogP contribution in [0.4, 0.5) is 0 Å². The van der Waals surface area contributed by atoms with E-state index in [1.807, 2.05) is 17.7 Å². The molecule has 3 nitrogen and oxygen atoms in total. The maximum absolute atomic E-state index is 6.76. The first-order chi connectivity index (χ1) is 13.6. The van der Waals surface area contributed by atoms with E-state index in [0.717, 1.165) is 16.3 Å². The van der Waals surface area contributed by atoms with Gasteiger partial charge in [0.05, 0.1) is 17.5 Å². The van der Waals surface area contributed by atoms with Crippen LogP contribution in [0.1, 0.15) is 47.6 Å². The van der Waals surface area contributed by atoms with Gasteiger partial charge in [-0.2, -0.15) is 0 Å². The monoisotopic (exact) mass is 387 g/mol. The Labute approximate surface area is 168 Å². The first-order valence-corrected chi connectivity index (χ1v) is 11.0. The van der Waals surface area contributed by atoms with Gasteiger partial charge in [0.1, 0.15) is 11.1 Å². The van der Waals surface area contributed by atoms with Crippen molar-refractivity contribution in [3.63, 3.8) is 0 Å². The van der Waals surface area contributed by atoms with E-state index in [4.69, 9.17) is 9.72 Å². The van der Waals surface area contributed by atoms with E-state index in [1.54, 1.807) is 0 Å². The van der Waals surface area contributed by atoms with Crippen LogP contribution in [0.2, 0.25) is 0 Å². The van der Waals surface area contributed by atoms with Crippen molar-refractivity contribution in [1.29, 1.82) is 0 Å². The average molecular weight is 388 g/mol. The molecule has 140 valence electrons. The lowest BCUT2D eigenvalue weighted by atomic mass is 9.90. The molecule has 1 aliphatic carbocycles. The molecule has 28 heavy (non-hydrogen) atoms. The summed E-state index contributed by atoms with van der Waals surface area (Å²) in [6.45, 7) is 4.43. The van der Waals surface area contributed by atoms with E-state index in [-0.39, 0.29) is 0 Å². The summed E-state index contributed by atoms with van der Waals surface area (Å²) in [6, 6.07) is 8.68. The predicted octanol–water partition coefficient (Wildman–Crippen LogP) is 6.32. The Bertz CT molecular complexity index is 1280. The van der Waals surface area contributed by atoms with Gasteiger partial charge in [-0.05, 0) is 53.9 Å². The molecule has 0 unspecified atom stereocenters. The fraction of sp³-hybridized carbons (Fsp3) is 0.333. The third-order valence-electron chi connectivity index (χ3n) is 6.65. The number of hydrogen-bond donors (Lipinski definition) is 0. The summed E-state index contributed by atoms with van der Waals surface area (Å²) in [5, 5.41) is 3.80. The molecular formula is C24H23N2OS+. The van der Waals surface area contributed by atoms with Gasteiger partial charge in [-0.25, -0.2) is 4.57 Å². The standard InChI is InChI=1S/C24H23N2OS/c1-13-16-10-6-7-11-17(16)14(2)21-18(13)20-19-22(27-21)23(15-8-4-5-9-15)28-24(19)25-12-26(20)3/h6-7,10-12,15H,4-5,8-9H2,1-3H3/q+1. The molecule has 1 fully saturated rings. The number of rotatable bonds is 1. The third-order valence-corrected chi connectivity index (χ3v) is 7.90. The van der Waals surface area contributed by atoms with Crippen LogP contribution in [0.15, 0.2) is 30.6 Å². The number of benzene rings is 2. The van der Waals surface area contributed by atoms with Gasteiger partial charge in [0, 0.05) is 5.56 Å². The summed E-state index contributed by atoms with van der Waals surface area (Å²) in [5.41, 5.74) is 5.01. The molecule has 0 saturated heterocycles. The fourth-order valence-electron chi connectivity index (χ4n) is 5.22. The van der Waals surface area contributed by atoms with Crippen molar-refractivity contribution in [3.05, 3.63) is 46.6 Å². The first-order valence-electron chi connectivity index (χ1n) is 10.2. The van der Waals surface area contributed by atoms with Crippen LogP contribution in [0.25, 0.3) is 32.2 Å². The summed E-state index contributed by atoms with van der Waals surface area (Å²) in [5.74, 6) is 2.73. The van der Waals surface area contributed by atoms with E-state index in [9.17, 15) is 0 Å². The Morgan fingerprint density at radius 1 is 1.04 bits per heavy atom. The molecule has 4 aromatic rings. The van der Waals surface area contributed by atoms with Crippen molar-refractivity contribution in [2.75, 3.05) is 0 Å². The maximum atomic E-state index is 6.76. The minimum absolute atomic E-state index is 0.621. The zero-order chi connectivity index (χ0) is 19.0. The fourth-order valence-corrected chi connectivity index (χ4v) is 6.46. The molecule has 2 aromatic carbocycles. The molecule has 4 heteroatoms. The van der Waals surface area contributed by atoms with Crippen molar-refractivity contribution < 1.29 is 9.30 Å². The van der Waals surface area contributed by atoms with E-state index in [1.165, 1.54) is 69.1 Å². The smallest absolute Gasteiger partial charge is 0.288 e. The van der Waals surface area contributed by atoms with Crippen LogP contribution in [0.3, 0.4) is 0 Å². The number of aryl methyl sites for hydroxylation is 3. The molecule has 0 amide bonds. The van der Waals surface area contributed by atoms with E-state index < -0.39 is 0 Å². The zero-order valence-corrected chi connectivity index (χ0v) is 17.3. The second-order valence-corrected chi connectivity index (χ2v) is 9.29. The molecule has 0 radical (unpaired) electrons. The SMILES string of the molecule is Cc1c2c(c(C)c3ccccc13)-c1c3c(c(C4CCCC4)sc3nc[n+]1C)O2. The second kappa shape index (κ2) is 5.77. The summed E-state index contributed by atoms with van der Waals surface area (Å²) < 4.78 is 8.94. The minimum atomic E-state index is 0.621. The summed E-state index contributed by atoms with van der Waals surface area (Å²) in [7, 11) is 2.11. The molecule has 3 heterocycles. The number of hydrogen-bond acceptors (Lipinski definition) is 3. The van der Waals surface area contributed by atoms with Gasteiger partial charge in [-0.15, -0.1) is 0 Å². The van der Waals surface area contributed by atoms with Gasteiger partial charge in [0.2, 0.25) is 4.83 Å². The predicted molar refractivity (Wildman–Crippen MR) is 114 cm³/mol. The Morgan fingerprint density at radius 2 is 1.75 bits per heavy atom. The van der Waals surface area contributed by atoms with Crippen molar-refractivity contribution >= 4 is 32.3 Å². The molecule has 1 aliphatic heterocycles.